The van der Waals surface area contributed by atoms with Crippen molar-refractivity contribution in [1.82, 2.24) is 0 Å². The van der Waals surface area contributed by atoms with Crippen molar-refractivity contribution < 1.29 is 19.4 Å². The second-order valence-electron chi connectivity index (χ2n) is 9.52. The Morgan fingerprint density at radius 3 is 2.31 bits per heavy atom. The van der Waals surface area contributed by atoms with E-state index < -0.39 is 17.7 Å². The number of ether oxygens (including phenoxy) is 1. The Labute approximate surface area is 210 Å². The number of benzene rings is 2. The molecule has 1 N–H and O–H groups in total. The largest absolute Gasteiger partial charge is 0.503 e. The van der Waals surface area contributed by atoms with Gasteiger partial charge < -0.3 is 9.84 Å². The monoisotopic (exact) mass is 489 g/mol. The van der Waals surface area contributed by atoms with Crippen LogP contribution in [0.1, 0.15) is 50.6 Å². The molecule has 2 aromatic carbocycles. The van der Waals surface area contributed by atoms with Gasteiger partial charge >= 0.3 is 0 Å². The summed E-state index contributed by atoms with van der Waals surface area (Å²) in [6.07, 6.45) is 0.142. The maximum Gasteiger partial charge on any atom is 0.294 e. The van der Waals surface area contributed by atoms with Gasteiger partial charge in [0.2, 0.25) is 0 Å². The number of Topliss-reactive ketones (excluding diaryl/α,β-unsaturated/α-hetero) is 1. The number of aryl methyl sites for hydroxylation is 1. The number of rotatable bonds is 8. The van der Waals surface area contributed by atoms with Gasteiger partial charge in [-0.1, -0.05) is 44.2 Å². The number of carbonyl (C=O) groups excluding carboxylic acids is 2. The third-order valence-corrected chi connectivity index (χ3v) is 6.90. The summed E-state index contributed by atoms with van der Waals surface area (Å²) >= 11 is 1.70. The molecule has 0 saturated heterocycles. The van der Waals surface area contributed by atoms with Gasteiger partial charge in [-0.2, -0.15) is 0 Å². The molecular weight excluding hydrogens is 458 g/mol. The first-order valence-electron chi connectivity index (χ1n) is 11.9. The molecule has 4 rings (SSSR count). The molecule has 0 bridgehead atoms. The average molecular weight is 490 g/mol. The molecule has 0 aliphatic carbocycles. The lowest BCUT2D eigenvalue weighted by atomic mass is 9.91. The topological polar surface area (TPSA) is 66.8 Å². The van der Waals surface area contributed by atoms with Crippen LogP contribution in [-0.4, -0.2) is 22.9 Å². The van der Waals surface area contributed by atoms with Crippen LogP contribution in [0.25, 0.3) is 10.4 Å². The first kappa shape index (κ1) is 24.7. The van der Waals surface area contributed by atoms with Gasteiger partial charge in [0.1, 0.15) is 5.75 Å². The number of hydrogen-bond donors (Lipinski definition) is 1. The van der Waals surface area contributed by atoms with Crippen molar-refractivity contribution in [3.05, 3.63) is 82.4 Å². The summed E-state index contributed by atoms with van der Waals surface area (Å²) < 4.78 is 6.05. The number of aliphatic hydroxyl groups is 1. The Kier molecular flexibility index (Phi) is 7.13. The van der Waals surface area contributed by atoms with Crippen molar-refractivity contribution in [2.75, 3.05) is 4.90 Å². The summed E-state index contributed by atoms with van der Waals surface area (Å²) in [7, 11) is 0. The zero-order valence-electron chi connectivity index (χ0n) is 20.7. The van der Waals surface area contributed by atoms with Crippen LogP contribution in [0.2, 0.25) is 0 Å². The van der Waals surface area contributed by atoms with Gasteiger partial charge in [-0.25, -0.2) is 0 Å². The molecule has 0 fully saturated rings. The van der Waals surface area contributed by atoms with Crippen LogP contribution in [0, 0.1) is 12.8 Å². The normalized spacial score (nSPS) is 16.0. The van der Waals surface area contributed by atoms with E-state index in [0.717, 1.165) is 10.4 Å². The van der Waals surface area contributed by atoms with Crippen LogP contribution in [-0.2, 0) is 9.59 Å². The number of para-hydroxylation sites is 1. The molecule has 1 aromatic heterocycles. The average Bonchev–Trinajstić information content (AvgIpc) is 3.34. The van der Waals surface area contributed by atoms with Crippen LogP contribution in [0.4, 0.5) is 5.69 Å². The number of carbonyl (C=O) groups is 2. The Morgan fingerprint density at radius 2 is 1.71 bits per heavy atom. The van der Waals surface area contributed by atoms with Crippen LogP contribution in [0.3, 0.4) is 0 Å². The van der Waals surface area contributed by atoms with Crippen LogP contribution in [0.5, 0.6) is 5.75 Å². The molecule has 1 aliphatic heterocycles. The number of nitrogens with zero attached hydrogens (tertiary/aromatic N) is 1. The van der Waals surface area contributed by atoms with E-state index in [1.165, 1.54) is 9.78 Å². The van der Waals surface area contributed by atoms with Crippen molar-refractivity contribution in [3.63, 3.8) is 0 Å². The summed E-state index contributed by atoms with van der Waals surface area (Å²) in [5.41, 5.74) is 2.45. The maximum atomic E-state index is 13.4. The molecule has 0 spiro atoms. The SMILES string of the molecule is Cc1ccc(-c2ccc(N3C(=O)C(O)=C(C(=O)CC(C)C)C3c3ccccc3OC(C)C)cc2)s1. The molecule has 182 valence electrons. The van der Waals surface area contributed by atoms with Crippen molar-refractivity contribution in [3.8, 4) is 16.2 Å². The quantitative estimate of drug-likeness (QED) is 0.369. The zero-order chi connectivity index (χ0) is 25.3. The summed E-state index contributed by atoms with van der Waals surface area (Å²) in [6, 6.07) is 18.4. The highest BCUT2D eigenvalue weighted by atomic mass is 32.1. The summed E-state index contributed by atoms with van der Waals surface area (Å²) in [6.45, 7) is 9.81. The van der Waals surface area contributed by atoms with E-state index in [2.05, 4.69) is 19.1 Å². The highest BCUT2D eigenvalue weighted by molar-refractivity contribution is 7.15. The van der Waals surface area contributed by atoms with Gasteiger partial charge in [0.25, 0.3) is 5.91 Å². The van der Waals surface area contributed by atoms with Crippen LogP contribution >= 0.6 is 11.3 Å². The smallest absolute Gasteiger partial charge is 0.294 e. The molecular formula is C29H31NO4S. The zero-order valence-corrected chi connectivity index (χ0v) is 21.6. The molecule has 1 amide bonds. The minimum absolute atomic E-state index is 0.0864. The van der Waals surface area contributed by atoms with E-state index in [1.54, 1.807) is 11.3 Å². The molecule has 0 radical (unpaired) electrons. The molecule has 2 heterocycles. The molecule has 0 saturated carbocycles. The van der Waals surface area contributed by atoms with Gasteiger partial charge in [-0.05, 0) is 62.6 Å². The number of thiophene rings is 1. The fourth-order valence-corrected chi connectivity index (χ4v) is 5.25. The third-order valence-electron chi connectivity index (χ3n) is 5.85. The number of aliphatic hydroxyl groups excluding tert-OH is 1. The van der Waals surface area contributed by atoms with E-state index in [4.69, 9.17) is 4.74 Å². The molecule has 5 nitrogen and oxygen atoms in total. The predicted molar refractivity (Wildman–Crippen MR) is 141 cm³/mol. The Bertz CT molecular complexity index is 1270. The number of anilines is 1. The van der Waals surface area contributed by atoms with E-state index in [1.807, 2.05) is 76.2 Å². The van der Waals surface area contributed by atoms with Gasteiger partial charge in [0, 0.05) is 27.4 Å². The molecule has 1 aliphatic rings. The first-order valence-corrected chi connectivity index (χ1v) is 12.7. The lowest BCUT2D eigenvalue weighted by Gasteiger charge is -2.29. The molecule has 35 heavy (non-hydrogen) atoms. The summed E-state index contributed by atoms with van der Waals surface area (Å²) in [4.78, 5) is 30.6. The Morgan fingerprint density at radius 1 is 1.03 bits per heavy atom. The fraction of sp³-hybridized carbons (Fsp3) is 0.310. The van der Waals surface area contributed by atoms with E-state index >= 15 is 0 Å². The van der Waals surface area contributed by atoms with Crippen molar-refractivity contribution in [1.29, 1.82) is 0 Å². The molecule has 3 aromatic rings. The number of ketones is 1. The third kappa shape index (κ3) is 5.03. The minimum atomic E-state index is -0.779. The van der Waals surface area contributed by atoms with Crippen molar-refractivity contribution >= 4 is 28.7 Å². The van der Waals surface area contributed by atoms with E-state index in [9.17, 15) is 14.7 Å². The molecule has 1 atom stereocenters. The van der Waals surface area contributed by atoms with Crippen molar-refractivity contribution in [2.24, 2.45) is 5.92 Å². The second kappa shape index (κ2) is 10.1. The maximum absolute atomic E-state index is 13.4. The van der Waals surface area contributed by atoms with Gasteiger partial charge in [-0.3, -0.25) is 14.5 Å². The fourth-order valence-electron chi connectivity index (χ4n) is 4.38. The van der Waals surface area contributed by atoms with E-state index in [-0.39, 0.29) is 29.8 Å². The standard InChI is InChI=1S/C29H31NO4S/c1-17(2)16-23(31)26-27(22-8-6-7-9-24(22)34-18(3)4)30(29(33)28(26)32)21-13-11-20(12-14-21)25-15-10-19(5)35-25/h6-15,17-18,27,32H,16H2,1-5H3. The summed E-state index contributed by atoms with van der Waals surface area (Å²) in [5, 5.41) is 10.9. The van der Waals surface area contributed by atoms with Crippen LogP contribution in [0.15, 0.2) is 72.0 Å². The lowest BCUT2D eigenvalue weighted by Crippen LogP contribution is -2.31. The number of hydrogen-bond acceptors (Lipinski definition) is 5. The molecule has 1 unspecified atom stereocenters. The summed E-state index contributed by atoms with van der Waals surface area (Å²) in [5.74, 6) is -0.633. The van der Waals surface area contributed by atoms with Gasteiger partial charge in [0.15, 0.2) is 11.5 Å². The first-order chi connectivity index (χ1) is 16.7. The second-order valence-corrected chi connectivity index (χ2v) is 10.8. The van der Waals surface area contributed by atoms with Crippen LogP contribution < -0.4 is 9.64 Å². The minimum Gasteiger partial charge on any atom is -0.503 e. The Hall–Kier alpha value is -3.38. The van der Waals surface area contributed by atoms with Crippen molar-refractivity contribution in [2.45, 2.75) is 53.2 Å². The molecule has 6 heteroatoms. The number of amides is 1. The Balaban J connectivity index is 1.82. The van der Waals surface area contributed by atoms with Gasteiger partial charge in [-0.15, -0.1) is 11.3 Å². The highest BCUT2D eigenvalue weighted by Crippen LogP contribution is 2.45. The van der Waals surface area contributed by atoms with E-state index in [0.29, 0.717) is 17.0 Å². The van der Waals surface area contributed by atoms with Gasteiger partial charge in [0.05, 0.1) is 17.7 Å². The predicted octanol–water partition coefficient (Wildman–Crippen LogP) is 7.03. The highest BCUT2D eigenvalue weighted by Gasteiger charge is 2.45. The lowest BCUT2D eigenvalue weighted by molar-refractivity contribution is -0.118.